The second kappa shape index (κ2) is 5.14. The summed E-state index contributed by atoms with van der Waals surface area (Å²) in [6.07, 6.45) is 3.63. The minimum atomic E-state index is -0.0936. The number of aromatic nitrogens is 1. The molecule has 0 bridgehead atoms. The zero-order valence-electron chi connectivity index (χ0n) is 10.7. The van der Waals surface area contributed by atoms with Gasteiger partial charge >= 0.3 is 0 Å². The Bertz CT molecular complexity index is 458. The summed E-state index contributed by atoms with van der Waals surface area (Å²) in [5.74, 6) is 0.506. The Hall–Kier alpha value is -1.29. The molecule has 0 saturated heterocycles. The van der Waals surface area contributed by atoms with Crippen molar-refractivity contribution in [2.75, 3.05) is 18.9 Å². The van der Waals surface area contributed by atoms with E-state index in [1.165, 1.54) is 19.3 Å². The number of halogens is 1. The maximum absolute atomic E-state index is 12.0. The molecule has 1 fully saturated rings. The first kappa shape index (κ1) is 13.1. The van der Waals surface area contributed by atoms with E-state index in [0.717, 1.165) is 6.54 Å². The van der Waals surface area contributed by atoms with Gasteiger partial charge in [-0.3, -0.25) is 4.79 Å². The van der Waals surface area contributed by atoms with Gasteiger partial charge in [-0.05, 0) is 30.4 Å². The van der Waals surface area contributed by atoms with Crippen LogP contribution in [0, 0.1) is 5.41 Å². The third-order valence-corrected chi connectivity index (χ3v) is 3.74. The second-order valence-corrected chi connectivity index (χ2v) is 5.55. The van der Waals surface area contributed by atoms with Gasteiger partial charge in [-0.1, -0.05) is 24.9 Å². The third-order valence-electron chi connectivity index (χ3n) is 3.55. The molecule has 0 atom stereocenters. The average Bonchev–Trinajstić information content (AvgIpc) is 2.32. The first-order valence-corrected chi connectivity index (χ1v) is 6.54. The maximum Gasteiger partial charge on any atom is 0.251 e. The predicted molar refractivity (Wildman–Crippen MR) is 73.1 cm³/mol. The van der Waals surface area contributed by atoms with Crippen LogP contribution in [-0.2, 0) is 0 Å². The van der Waals surface area contributed by atoms with Crippen LogP contribution >= 0.6 is 11.6 Å². The summed E-state index contributed by atoms with van der Waals surface area (Å²) < 4.78 is 0. The number of amides is 1. The topological polar surface area (TPSA) is 54.0 Å². The van der Waals surface area contributed by atoms with Crippen molar-refractivity contribution in [2.45, 2.75) is 26.2 Å². The molecule has 5 heteroatoms. The van der Waals surface area contributed by atoms with E-state index >= 15 is 0 Å². The summed E-state index contributed by atoms with van der Waals surface area (Å²) in [5, 5.41) is 6.17. The predicted octanol–water partition coefficient (Wildman–Crippen LogP) is 2.70. The van der Waals surface area contributed by atoms with E-state index in [1.807, 2.05) is 0 Å². The van der Waals surface area contributed by atoms with E-state index in [-0.39, 0.29) is 11.3 Å². The van der Waals surface area contributed by atoms with Crippen LogP contribution in [0.4, 0.5) is 5.82 Å². The quantitative estimate of drug-likeness (QED) is 0.825. The zero-order valence-corrected chi connectivity index (χ0v) is 11.5. The smallest absolute Gasteiger partial charge is 0.251 e. The molecule has 1 aliphatic rings. The molecular formula is C13H18ClN3O. The molecule has 1 saturated carbocycles. The molecule has 2 rings (SSSR count). The number of nitrogens with one attached hydrogen (secondary N) is 2. The van der Waals surface area contributed by atoms with E-state index in [1.54, 1.807) is 19.2 Å². The van der Waals surface area contributed by atoms with Crippen molar-refractivity contribution in [3.63, 3.8) is 0 Å². The van der Waals surface area contributed by atoms with E-state index in [0.29, 0.717) is 16.5 Å². The fourth-order valence-corrected chi connectivity index (χ4v) is 2.32. The lowest BCUT2D eigenvalue weighted by molar-refractivity contribution is 0.0890. The first-order chi connectivity index (χ1) is 8.52. The summed E-state index contributed by atoms with van der Waals surface area (Å²) in [6.45, 7) is 2.93. The van der Waals surface area contributed by atoms with Crippen LogP contribution in [0.15, 0.2) is 12.1 Å². The van der Waals surface area contributed by atoms with Gasteiger partial charge in [-0.15, -0.1) is 0 Å². The molecule has 2 N–H and O–H groups in total. The van der Waals surface area contributed by atoms with E-state index in [4.69, 9.17) is 11.6 Å². The molecule has 18 heavy (non-hydrogen) atoms. The Balaban J connectivity index is 2.01. The highest BCUT2D eigenvalue weighted by atomic mass is 35.5. The van der Waals surface area contributed by atoms with E-state index < -0.39 is 0 Å². The fourth-order valence-electron chi connectivity index (χ4n) is 2.11. The molecule has 4 nitrogen and oxygen atoms in total. The first-order valence-electron chi connectivity index (χ1n) is 6.16. The molecule has 98 valence electrons. The van der Waals surface area contributed by atoms with Crippen LogP contribution in [0.25, 0.3) is 0 Å². The molecule has 1 heterocycles. The second-order valence-electron chi connectivity index (χ2n) is 5.16. The number of carbonyl (C=O) groups is 1. The van der Waals surface area contributed by atoms with Gasteiger partial charge in [0.1, 0.15) is 11.0 Å². The summed E-state index contributed by atoms with van der Waals surface area (Å²) in [7, 11) is 1.75. The van der Waals surface area contributed by atoms with Crippen LogP contribution < -0.4 is 10.6 Å². The van der Waals surface area contributed by atoms with E-state index in [2.05, 4.69) is 22.5 Å². The minimum absolute atomic E-state index is 0.0936. The summed E-state index contributed by atoms with van der Waals surface area (Å²) >= 11 is 5.87. The molecule has 1 amide bonds. The standard InChI is InChI=1S/C13H18ClN3O/c1-13(4-3-5-13)8-16-12(18)9-6-10(14)17-11(7-9)15-2/h6-7H,3-5,8H2,1-2H3,(H,15,17)(H,16,18). The lowest BCUT2D eigenvalue weighted by Gasteiger charge is -2.38. The molecule has 0 unspecified atom stereocenters. The van der Waals surface area contributed by atoms with Crippen molar-refractivity contribution in [1.29, 1.82) is 0 Å². The van der Waals surface area contributed by atoms with Gasteiger partial charge in [-0.2, -0.15) is 0 Å². The number of nitrogens with zero attached hydrogens (tertiary/aromatic N) is 1. The number of carbonyl (C=O) groups excluding carboxylic acids is 1. The van der Waals surface area contributed by atoms with Gasteiger partial charge in [0.05, 0.1) is 0 Å². The lowest BCUT2D eigenvalue weighted by atomic mass is 9.70. The highest BCUT2D eigenvalue weighted by Crippen LogP contribution is 2.39. The Morgan fingerprint density at radius 3 is 2.78 bits per heavy atom. The monoisotopic (exact) mass is 267 g/mol. The SMILES string of the molecule is CNc1cc(C(=O)NCC2(C)CCC2)cc(Cl)n1. The van der Waals surface area contributed by atoms with Gasteiger partial charge in [0.15, 0.2) is 0 Å². The van der Waals surface area contributed by atoms with Gasteiger partial charge < -0.3 is 10.6 Å². The normalized spacial score (nSPS) is 16.8. The Morgan fingerprint density at radius 1 is 1.50 bits per heavy atom. The molecule has 0 spiro atoms. The van der Waals surface area contributed by atoms with Crippen molar-refractivity contribution in [1.82, 2.24) is 10.3 Å². The third kappa shape index (κ3) is 2.93. The molecule has 1 aliphatic carbocycles. The number of anilines is 1. The molecule has 0 aromatic carbocycles. The highest BCUT2D eigenvalue weighted by molar-refractivity contribution is 6.29. The molecule has 1 aromatic rings. The fraction of sp³-hybridized carbons (Fsp3) is 0.538. The maximum atomic E-state index is 12.0. The van der Waals surface area contributed by atoms with Gasteiger partial charge in [0.25, 0.3) is 5.91 Å². The number of pyridine rings is 1. The van der Waals surface area contributed by atoms with Gasteiger partial charge in [0, 0.05) is 19.2 Å². The molecular weight excluding hydrogens is 250 g/mol. The van der Waals surface area contributed by atoms with Crippen molar-refractivity contribution < 1.29 is 4.79 Å². The summed E-state index contributed by atoms with van der Waals surface area (Å²) in [6, 6.07) is 3.28. The number of rotatable bonds is 4. The van der Waals surface area contributed by atoms with Crippen LogP contribution in [0.1, 0.15) is 36.5 Å². The van der Waals surface area contributed by atoms with Crippen molar-refractivity contribution in [3.05, 3.63) is 22.8 Å². The molecule has 1 aromatic heterocycles. The summed E-state index contributed by atoms with van der Waals surface area (Å²) in [5.41, 5.74) is 0.820. The Labute approximate surface area is 112 Å². The average molecular weight is 268 g/mol. The van der Waals surface area contributed by atoms with E-state index in [9.17, 15) is 4.79 Å². The minimum Gasteiger partial charge on any atom is -0.373 e. The van der Waals surface area contributed by atoms with Gasteiger partial charge in [-0.25, -0.2) is 4.98 Å². The number of hydrogen-bond acceptors (Lipinski definition) is 3. The van der Waals surface area contributed by atoms with Crippen LogP contribution in [0.3, 0.4) is 0 Å². The van der Waals surface area contributed by atoms with Crippen LogP contribution in [-0.4, -0.2) is 24.5 Å². The largest absolute Gasteiger partial charge is 0.373 e. The molecule has 0 radical (unpaired) electrons. The van der Waals surface area contributed by atoms with Crippen molar-refractivity contribution in [2.24, 2.45) is 5.41 Å². The molecule has 0 aliphatic heterocycles. The van der Waals surface area contributed by atoms with Crippen molar-refractivity contribution >= 4 is 23.3 Å². The van der Waals surface area contributed by atoms with Gasteiger partial charge in [0.2, 0.25) is 0 Å². The number of hydrogen-bond donors (Lipinski definition) is 2. The van der Waals surface area contributed by atoms with Crippen LogP contribution in [0.2, 0.25) is 5.15 Å². The lowest BCUT2D eigenvalue weighted by Crippen LogP contribution is -2.39. The summed E-state index contributed by atoms with van der Waals surface area (Å²) in [4.78, 5) is 16.1. The van der Waals surface area contributed by atoms with Crippen LogP contribution in [0.5, 0.6) is 0 Å². The Kier molecular flexibility index (Phi) is 3.76. The highest BCUT2D eigenvalue weighted by Gasteiger charge is 2.31. The zero-order chi connectivity index (χ0) is 13.2. The Morgan fingerprint density at radius 2 is 2.22 bits per heavy atom. The van der Waals surface area contributed by atoms with Crippen molar-refractivity contribution in [3.8, 4) is 0 Å².